The molecule has 0 unspecified atom stereocenters. The number of hydrogen-bond acceptors (Lipinski definition) is 4. The van der Waals surface area contributed by atoms with Crippen LogP contribution in [0.4, 0.5) is 0 Å². The molecule has 0 saturated heterocycles. The zero-order valence-corrected chi connectivity index (χ0v) is 10.5. The molecule has 0 radical (unpaired) electrons. The molecule has 16 heavy (non-hydrogen) atoms. The van der Waals surface area contributed by atoms with Crippen molar-refractivity contribution in [2.24, 2.45) is 0 Å². The van der Waals surface area contributed by atoms with Crippen LogP contribution in [-0.4, -0.2) is 22.6 Å². The lowest BCUT2D eigenvalue weighted by Gasteiger charge is -2.11. The van der Waals surface area contributed by atoms with E-state index in [-0.39, 0.29) is 4.90 Å². The number of benzene rings is 1. The van der Waals surface area contributed by atoms with Crippen molar-refractivity contribution in [3.63, 3.8) is 0 Å². The van der Waals surface area contributed by atoms with Gasteiger partial charge in [0.05, 0.1) is 19.1 Å². The van der Waals surface area contributed by atoms with Gasteiger partial charge in [-0.15, -0.1) is 0 Å². The number of rotatable bonds is 4. The van der Waals surface area contributed by atoms with Crippen LogP contribution in [0, 0.1) is 13.8 Å². The first-order valence-corrected chi connectivity index (χ1v) is 6.10. The summed E-state index contributed by atoms with van der Waals surface area (Å²) in [6.07, 6.45) is 0. The van der Waals surface area contributed by atoms with Gasteiger partial charge in [-0.05, 0) is 37.1 Å². The normalized spacial score (nSPS) is 11.5. The third kappa shape index (κ3) is 2.52. The molecule has 1 aromatic carbocycles. The molecule has 0 bridgehead atoms. The van der Waals surface area contributed by atoms with Gasteiger partial charge >= 0.3 is 0 Å². The molecule has 1 N–H and O–H groups in total. The number of hydrogen-bond donors (Lipinski definition) is 1. The van der Waals surface area contributed by atoms with Gasteiger partial charge in [-0.1, -0.05) is 4.89 Å². The molecule has 0 heterocycles. The van der Waals surface area contributed by atoms with Crippen molar-refractivity contribution >= 4 is 10.0 Å². The van der Waals surface area contributed by atoms with Crippen LogP contribution >= 0.6 is 0 Å². The Labute approximate surface area is 95.4 Å². The zero-order chi connectivity index (χ0) is 12.3. The summed E-state index contributed by atoms with van der Waals surface area (Å²) in [5, 5.41) is 0. The molecular weight excluding hydrogens is 230 g/mol. The summed E-state index contributed by atoms with van der Waals surface area (Å²) in [6.45, 7) is 3.48. The standard InChI is InChI=1S/C10H15NO4S/c1-7-6-10(16(12,13)11-15-4)8(2)5-9(7)14-3/h5-6,11H,1-4H3. The van der Waals surface area contributed by atoms with E-state index in [2.05, 4.69) is 4.84 Å². The van der Waals surface area contributed by atoms with E-state index >= 15 is 0 Å². The van der Waals surface area contributed by atoms with E-state index in [1.54, 1.807) is 33.1 Å². The number of nitrogens with one attached hydrogen (secondary N) is 1. The first-order chi connectivity index (χ1) is 7.42. The second-order valence-electron chi connectivity index (χ2n) is 3.38. The summed E-state index contributed by atoms with van der Waals surface area (Å²) >= 11 is 0. The average molecular weight is 245 g/mol. The monoisotopic (exact) mass is 245 g/mol. The predicted octanol–water partition coefficient (Wildman–Crippen LogP) is 1.15. The molecule has 0 spiro atoms. The molecule has 0 aromatic heterocycles. The quantitative estimate of drug-likeness (QED) is 0.808. The fourth-order valence-electron chi connectivity index (χ4n) is 1.43. The molecule has 6 heteroatoms. The van der Waals surface area contributed by atoms with Crippen LogP contribution < -0.4 is 9.62 Å². The summed E-state index contributed by atoms with van der Waals surface area (Å²) in [5.74, 6) is 0.661. The number of methoxy groups -OCH3 is 1. The van der Waals surface area contributed by atoms with Gasteiger partial charge < -0.3 is 4.74 Å². The molecule has 0 fully saturated rings. The van der Waals surface area contributed by atoms with Crippen molar-refractivity contribution in [1.29, 1.82) is 0 Å². The third-order valence-electron chi connectivity index (χ3n) is 2.17. The van der Waals surface area contributed by atoms with E-state index in [9.17, 15) is 8.42 Å². The van der Waals surface area contributed by atoms with Gasteiger partial charge in [0.15, 0.2) is 0 Å². The topological polar surface area (TPSA) is 64.6 Å². The molecule has 90 valence electrons. The fraction of sp³-hybridized carbons (Fsp3) is 0.400. The zero-order valence-electron chi connectivity index (χ0n) is 9.70. The minimum Gasteiger partial charge on any atom is -0.496 e. The van der Waals surface area contributed by atoms with Crippen molar-refractivity contribution in [2.75, 3.05) is 14.2 Å². The summed E-state index contributed by atoms with van der Waals surface area (Å²) < 4.78 is 28.6. The van der Waals surface area contributed by atoms with Crippen LogP contribution in [0.25, 0.3) is 0 Å². The van der Waals surface area contributed by atoms with Crippen molar-refractivity contribution in [1.82, 2.24) is 4.89 Å². The van der Waals surface area contributed by atoms with Gasteiger partial charge in [-0.3, -0.25) is 4.84 Å². The van der Waals surface area contributed by atoms with E-state index in [1.807, 2.05) is 4.89 Å². The highest BCUT2D eigenvalue weighted by molar-refractivity contribution is 7.89. The fourth-order valence-corrected chi connectivity index (χ4v) is 2.55. The average Bonchev–Trinajstić information content (AvgIpc) is 2.20. The third-order valence-corrected chi connectivity index (χ3v) is 3.58. The Hall–Kier alpha value is -1.11. The summed E-state index contributed by atoms with van der Waals surface area (Å²) in [6, 6.07) is 3.23. The van der Waals surface area contributed by atoms with Crippen molar-refractivity contribution in [3.05, 3.63) is 23.3 Å². The lowest BCUT2D eigenvalue weighted by Crippen LogP contribution is -2.23. The molecule has 0 aliphatic carbocycles. The molecule has 0 atom stereocenters. The van der Waals surface area contributed by atoms with Crippen molar-refractivity contribution < 1.29 is 18.0 Å². The molecule has 0 saturated carbocycles. The highest BCUT2D eigenvalue weighted by Crippen LogP contribution is 2.25. The van der Waals surface area contributed by atoms with Gasteiger partial charge in [0.2, 0.25) is 0 Å². The lowest BCUT2D eigenvalue weighted by atomic mass is 10.1. The van der Waals surface area contributed by atoms with Crippen LogP contribution in [0.5, 0.6) is 5.75 Å². The molecule has 0 aliphatic heterocycles. The maximum absolute atomic E-state index is 11.7. The van der Waals surface area contributed by atoms with E-state index < -0.39 is 10.0 Å². The number of sulfonamides is 1. The summed E-state index contributed by atoms with van der Waals surface area (Å²) in [4.78, 5) is 6.61. The second kappa shape index (κ2) is 4.82. The second-order valence-corrected chi connectivity index (χ2v) is 4.99. The van der Waals surface area contributed by atoms with Crippen LogP contribution in [0.3, 0.4) is 0 Å². The SMILES string of the molecule is CONS(=O)(=O)c1cc(C)c(OC)cc1C. The van der Waals surface area contributed by atoms with E-state index in [0.29, 0.717) is 11.3 Å². The first-order valence-electron chi connectivity index (χ1n) is 4.62. The van der Waals surface area contributed by atoms with Crippen LogP contribution in [0.15, 0.2) is 17.0 Å². The Morgan fingerprint density at radius 3 is 2.25 bits per heavy atom. The van der Waals surface area contributed by atoms with Crippen LogP contribution in [0.1, 0.15) is 11.1 Å². The lowest BCUT2D eigenvalue weighted by molar-refractivity contribution is 0.153. The first kappa shape index (κ1) is 13.0. The molecule has 0 aliphatic rings. The van der Waals surface area contributed by atoms with Gasteiger partial charge in [0, 0.05) is 0 Å². The molecule has 5 nitrogen and oxygen atoms in total. The van der Waals surface area contributed by atoms with Gasteiger partial charge in [0.25, 0.3) is 10.0 Å². The van der Waals surface area contributed by atoms with E-state index in [4.69, 9.17) is 4.74 Å². The van der Waals surface area contributed by atoms with Crippen LogP contribution in [-0.2, 0) is 14.9 Å². The Morgan fingerprint density at radius 1 is 1.12 bits per heavy atom. The Balaban J connectivity index is 3.31. The maximum Gasteiger partial charge on any atom is 0.262 e. The maximum atomic E-state index is 11.7. The molecule has 0 amide bonds. The number of ether oxygens (including phenoxy) is 1. The summed E-state index contributed by atoms with van der Waals surface area (Å²) in [7, 11) is -0.818. The minimum atomic E-state index is -3.62. The minimum absolute atomic E-state index is 0.188. The van der Waals surface area contributed by atoms with Gasteiger partial charge in [-0.25, -0.2) is 8.42 Å². The van der Waals surface area contributed by atoms with Gasteiger partial charge in [0.1, 0.15) is 5.75 Å². The molecular formula is C10H15NO4S. The summed E-state index contributed by atoms with van der Waals surface area (Å²) in [5.41, 5.74) is 1.36. The Morgan fingerprint density at radius 2 is 1.75 bits per heavy atom. The highest BCUT2D eigenvalue weighted by Gasteiger charge is 2.18. The smallest absolute Gasteiger partial charge is 0.262 e. The molecule has 1 rings (SSSR count). The molecule has 1 aromatic rings. The van der Waals surface area contributed by atoms with E-state index in [0.717, 1.165) is 5.56 Å². The van der Waals surface area contributed by atoms with E-state index in [1.165, 1.54) is 7.11 Å². The van der Waals surface area contributed by atoms with Crippen molar-refractivity contribution in [3.8, 4) is 5.75 Å². The van der Waals surface area contributed by atoms with Crippen LogP contribution in [0.2, 0.25) is 0 Å². The number of aryl methyl sites for hydroxylation is 2. The largest absolute Gasteiger partial charge is 0.496 e. The highest BCUT2D eigenvalue weighted by atomic mass is 32.2. The van der Waals surface area contributed by atoms with Gasteiger partial charge in [-0.2, -0.15) is 0 Å². The Kier molecular flexibility index (Phi) is 3.90. The Bertz CT molecular complexity index is 482. The van der Waals surface area contributed by atoms with Crippen molar-refractivity contribution in [2.45, 2.75) is 18.7 Å². The predicted molar refractivity (Wildman–Crippen MR) is 59.8 cm³/mol.